The number of hydrogen-bond donors (Lipinski definition) is 1. The maximum atomic E-state index is 12.3. The molecule has 100 valence electrons. The van der Waals surface area contributed by atoms with E-state index in [9.17, 15) is 9.59 Å². The molecule has 4 nitrogen and oxygen atoms in total. The minimum atomic E-state index is -0.127. The van der Waals surface area contributed by atoms with Gasteiger partial charge in [-0.05, 0) is 37.8 Å². The van der Waals surface area contributed by atoms with Crippen molar-refractivity contribution < 1.29 is 14.5 Å². The Hall–Kier alpha value is -1.68. The van der Waals surface area contributed by atoms with Crippen molar-refractivity contribution in [1.82, 2.24) is 4.90 Å². The lowest BCUT2D eigenvalue weighted by Crippen LogP contribution is -3.13. The molecular weight excluding hydrogens is 240 g/mol. The molecule has 2 aliphatic rings. The normalized spacial score (nSPS) is 20.5. The van der Waals surface area contributed by atoms with Crippen LogP contribution in [0.1, 0.15) is 46.4 Å². The third kappa shape index (κ3) is 2.28. The highest BCUT2D eigenvalue weighted by Crippen LogP contribution is 2.21. The second kappa shape index (κ2) is 5.13. The molecule has 1 fully saturated rings. The Bertz CT molecular complexity index is 470. The number of quaternary nitrogens is 1. The van der Waals surface area contributed by atoms with Gasteiger partial charge >= 0.3 is 0 Å². The number of benzene rings is 1. The average Bonchev–Trinajstić information content (AvgIpc) is 2.65. The van der Waals surface area contributed by atoms with E-state index in [-0.39, 0.29) is 11.8 Å². The van der Waals surface area contributed by atoms with Crippen LogP contribution in [0.3, 0.4) is 0 Å². The largest absolute Gasteiger partial charge is 0.317 e. The summed E-state index contributed by atoms with van der Waals surface area (Å²) in [6.07, 6.45) is 4.92. The van der Waals surface area contributed by atoms with E-state index in [1.165, 1.54) is 35.5 Å². The molecule has 0 atom stereocenters. The summed E-state index contributed by atoms with van der Waals surface area (Å²) in [4.78, 5) is 27.3. The first kappa shape index (κ1) is 12.4. The first-order valence-corrected chi connectivity index (χ1v) is 7.06. The number of carbonyl (C=O) groups is 2. The molecule has 0 saturated carbocycles. The molecular formula is C15H19N2O2+. The highest BCUT2D eigenvalue weighted by Gasteiger charge is 2.37. The molecule has 2 amide bonds. The van der Waals surface area contributed by atoms with Gasteiger partial charge < -0.3 is 4.90 Å². The topological polar surface area (TPSA) is 41.8 Å². The first-order valence-electron chi connectivity index (χ1n) is 7.06. The summed E-state index contributed by atoms with van der Waals surface area (Å²) in [5, 5.41) is 0. The van der Waals surface area contributed by atoms with Crippen LogP contribution in [-0.4, -0.2) is 36.5 Å². The van der Waals surface area contributed by atoms with E-state index in [0.29, 0.717) is 17.8 Å². The van der Waals surface area contributed by atoms with E-state index in [1.54, 1.807) is 12.1 Å². The van der Waals surface area contributed by atoms with Crippen LogP contribution in [0.25, 0.3) is 0 Å². The summed E-state index contributed by atoms with van der Waals surface area (Å²) >= 11 is 0. The van der Waals surface area contributed by atoms with Crippen molar-refractivity contribution in [2.45, 2.75) is 25.7 Å². The van der Waals surface area contributed by atoms with Gasteiger partial charge in [0.2, 0.25) is 0 Å². The summed E-state index contributed by atoms with van der Waals surface area (Å²) in [6.45, 7) is 2.65. The van der Waals surface area contributed by atoms with Gasteiger partial charge in [-0.2, -0.15) is 0 Å². The third-order valence-corrected chi connectivity index (χ3v) is 4.07. The summed E-state index contributed by atoms with van der Waals surface area (Å²) in [5.41, 5.74) is 1.11. The minimum absolute atomic E-state index is 0.127. The predicted octanol–water partition coefficient (Wildman–Crippen LogP) is 0.699. The summed E-state index contributed by atoms with van der Waals surface area (Å²) in [5.74, 6) is -0.255. The average molecular weight is 259 g/mol. The van der Waals surface area contributed by atoms with Gasteiger partial charge in [0.15, 0.2) is 6.67 Å². The molecule has 0 radical (unpaired) electrons. The van der Waals surface area contributed by atoms with Crippen LogP contribution in [0.15, 0.2) is 24.3 Å². The molecule has 19 heavy (non-hydrogen) atoms. The van der Waals surface area contributed by atoms with Crippen LogP contribution in [0.5, 0.6) is 0 Å². The highest BCUT2D eigenvalue weighted by molar-refractivity contribution is 6.21. The van der Waals surface area contributed by atoms with Crippen LogP contribution in [0.4, 0.5) is 0 Å². The fourth-order valence-corrected chi connectivity index (χ4v) is 2.99. The molecule has 3 rings (SSSR count). The molecule has 2 heterocycles. The van der Waals surface area contributed by atoms with Crippen LogP contribution in [0.2, 0.25) is 0 Å². The Morgan fingerprint density at radius 1 is 0.895 bits per heavy atom. The van der Waals surface area contributed by atoms with Gasteiger partial charge in [-0.1, -0.05) is 12.1 Å². The van der Waals surface area contributed by atoms with Gasteiger partial charge in [-0.3, -0.25) is 9.59 Å². The number of carbonyl (C=O) groups excluding carboxylic acids is 2. The van der Waals surface area contributed by atoms with Gasteiger partial charge in [0, 0.05) is 0 Å². The predicted molar refractivity (Wildman–Crippen MR) is 71.0 cm³/mol. The van der Waals surface area contributed by atoms with E-state index in [4.69, 9.17) is 0 Å². The van der Waals surface area contributed by atoms with Crippen molar-refractivity contribution in [3.8, 4) is 0 Å². The molecule has 2 aliphatic heterocycles. The van der Waals surface area contributed by atoms with Gasteiger partial charge in [-0.25, -0.2) is 4.90 Å². The molecule has 0 aliphatic carbocycles. The fraction of sp³-hybridized carbons (Fsp3) is 0.467. The van der Waals surface area contributed by atoms with Crippen molar-refractivity contribution in [3.63, 3.8) is 0 Å². The number of nitrogens with zero attached hydrogens (tertiary/aromatic N) is 1. The zero-order chi connectivity index (χ0) is 13.2. The fourth-order valence-electron chi connectivity index (χ4n) is 2.99. The van der Waals surface area contributed by atoms with E-state index in [2.05, 4.69) is 0 Å². The summed E-state index contributed by atoms with van der Waals surface area (Å²) in [6, 6.07) is 7.11. The van der Waals surface area contributed by atoms with E-state index in [0.717, 1.165) is 13.1 Å². The lowest BCUT2D eigenvalue weighted by Gasteiger charge is -2.22. The number of amides is 2. The van der Waals surface area contributed by atoms with Crippen molar-refractivity contribution in [2.75, 3.05) is 19.8 Å². The van der Waals surface area contributed by atoms with E-state index >= 15 is 0 Å². The second-order valence-corrected chi connectivity index (χ2v) is 5.41. The molecule has 0 aromatic heterocycles. The number of hydrogen-bond acceptors (Lipinski definition) is 2. The van der Waals surface area contributed by atoms with E-state index < -0.39 is 0 Å². The summed E-state index contributed by atoms with van der Waals surface area (Å²) in [7, 11) is 0. The van der Waals surface area contributed by atoms with Crippen LogP contribution < -0.4 is 4.90 Å². The Balaban J connectivity index is 1.76. The number of imide groups is 1. The number of rotatable bonds is 2. The smallest absolute Gasteiger partial charge is 0.265 e. The van der Waals surface area contributed by atoms with E-state index in [1.807, 2.05) is 12.1 Å². The number of nitrogens with one attached hydrogen (secondary N) is 1. The van der Waals surface area contributed by atoms with Crippen molar-refractivity contribution in [2.24, 2.45) is 0 Å². The quantitative estimate of drug-likeness (QED) is 0.794. The van der Waals surface area contributed by atoms with Crippen LogP contribution in [-0.2, 0) is 0 Å². The first-order chi connectivity index (χ1) is 9.27. The molecule has 1 saturated heterocycles. The van der Waals surface area contributed by atoms with Crippen molar-refractivity contribution in [1.29, 1.82) is 0 Å². The Labute approximate surface area is 113 Å². The zero-order valence-electron chi connectivity index (χ0n) is 11.0. The monoisotopic (exact) mass is 259 g/mol. The second-order valence-electron chi connectivity index (χ2n) is 5.41. The lowest BCUT2D eigenvalue weighted by molar-refractivity contribution is -0.906. The van der Waals surface area contributed by atoms with Crippen LogP contribution in [0, 0.1) is 0 Å². The minimum Gasteiger partial charge on any atom is -0.317 e. The van der Waals surface area contributed by atoms with Crippen molar-refractivity contribution >= 4 is 11.8 Å². The molecule has 0 bridgehead atoms. The maximum Gasteiger partial charge on any atom is 0.265 e. The highest BCUT2D eigenvalue weighted by atomic mass is 16.2. The Kier molecular flexibility index (Phi) is 3.34. The Morgan fingerprint density at radius 2 is 1.42 bits per heavy atom. The molecule has 4 heteroatoms. The SMILES string of the molecule is O=C1c2ccccc2C(=O)N1C[NH+]1CCCCCC1. The molecule has 1 aromatic carbocycles. The lowest BCUT2D eigenvalue weighted by atomic mass is 10.1. The molecule has 1 aromatic rings. The molecule has 1 N–H and O–H groups in total. The molecule has 0 unspecified atom stereocenters. The number of fused-ring (bicyclic) bond motifs is 1. The zero-order valence-corrected chi connectivity index (χ0v) is 11.0. The van der Waals surface area contributed by atoms with Gasteiger partial charge in [-0.15, -0.1) is 0 Å². The van der Waals surface area contributed by atoms with Crippen LogP contribution >= 0.6 is 0 Å². The van der Waals surface area contributed by atoms with Crippen molar-refractivity contribution in [3.05, 3.63) is 35.4 Å². The third-order valence-electron chi connectivity index (χ3n) is 4.07. The number of likely N-dealkylation sites (tertiary alicyclic amines) is 1. The summed E-state index contributed by atoms with van der Waals surface area (Å²) < 4.78 is 0. The van der Waals surface area contributed by atoms with Gasteiger partial charge in [0.25, 0.3) is 11.8 Å². The maximum absolute atomic E-state index is 12.3. The van der Waals surface area contributed by atoms with Gasteiger partial charge in [0.1, 0.15) is 0 Å². The Morgan fingerprint density at radius 3 is 1.95 bits per heavy atom. The van der Waals surface area contributed by atoms with Gasteiger partial charge in [0.05, 0.1) is 24.2 Å². The molecule has 0 spiro atoms. The standard InChI is InChI=1S/C15H18N2O2/c18-14-12-7-3-4-8-13(12)15(19)17(14)11-16-9-5-1-2-6-10-16/h3-4,7-8H,1-2,5-6,9-11H2/p+1.